The van der Waals surface area contributed by atoms with Gasteiger partial charge in [0.1, 0.15) is 0 Å². The molecule has 2 aliphatic rings. The van der Waals surface area contributed by atoms with E-state index in [1.54, 1.807) is 0 Å². The molecule has 0 heterocycles. The number of rotatable bonds is 2. The molecule has 3 unspecified atom stereocenters. The number of amides is 1. The summed E-state index contributed by atoms with van der Waals surface area (Å²) in [6.07, 6.45) is 4.97. The predicted molar refractivity (Wildman–Crippen MR) is 81.2 cm³/mol. The molecule has 19 heavy (non-hydrogen) atoms. The number of fused-ring (bicyclic) bond motifs is 2. The van der Waals surface area contributed by atoms with E-state index in [2.05, 4.69) is 35.1 Å². The standard InChI is InChI=1S/C16H20BrNO/c1-9-5-13(6-10(2)15(9)17)18-16(19)14-8-11-3-4-12(14)7-11/h5-6,11-12,14H,3-4,7-8H2,1-2H3,(H,18,19). The lowest BCUT2D eigenvalue weighted by atomic mass is 9.88. The Balaban J connectivity index is 1.73. The summed E-state index contributed by atoms with van der Waals surface area (Å²) in [6.45, 7) is 4.12. The van der Waals surface area contributed by atoms with Gasteiger partial charge >= 0.3 is 0 Å². The van der Waals surface area contributed by atoms with E-state index in [1.165, 1.54) is 30.4 Å². The summed E-state index contributed by atoms with van der Waals surface area (Å²) in [4.78, 5) is 12.4. The Kier molecular flexibility index (Phi) is 3.42. The number of halogens is 1. The third-order valence-corrected chi connectivity index (χ3v) is 6.03. The summed E-state index contributed by atoms with van der Waals surface area (Å²) in [5, 5.41) is 3.12. The molecule has 2 aliphatic carbocycles. The number of carbonyl (C=O) groups is 1. The number of carbonyl (C=O) groups excluding carboxylic acids is 1. The van der Waals surface area contributed by atoms with Gasteiger partial charge in [0.05, 0.1) is 0 Å². The molecule has 102 valence electrons. The van der Waals surface area contributed by atoms with E-state index in [9.17, 15) is 4.79 Å². The van der Waals surface area contributed by atoms with Gasteiger partial charge in [-0.2, -0.15) is 0 Å². The van der Waals surface area contributed by atoms with Crippen LogP contribution in [0.4, 0.5) is 5.69 Å². The number of aryl methyl sites for hydroxylation is 2. The molecule has 1 N–H and O–H groups in total. The van der Waals surface area contributed by atoms with Crippen LogP contribution >= 0.6 is 15.9 Å². The number of hydrogen-bond donors (Lipinski definition) is 1. The summed E-state index contributed by atoms with van der Waals surface area (Å²) >= 11 is 3.56. The zero-order valence-electron chi connectivity index (χ0n) is 11.5. The third kappa shape index (κ3) is 2.45. The zero-order valence-corrected chi connectivity index (χ0v) is 13.1. The summed E-state index contributed by atoms with van der Waals surface area (Å²) in [5.41, 5.74) is 3.28. The first-order valence-corrected chi connectivity index (χ1v) is 7.91. The van der Waals surface area contributed by atoms with Crippen LogP contribution in [-0.2, 0) is 4.79 Å². The predicted octanol–water partition coefficient (Wildman–Crippen LogP) is 4.44. The van der Waals surface area contributed by atoms with E-state index in [0.29, 0.717) is 5.92 Å². The molecule has 3 rings (SSSR count). The van der Waals surface area contributed by atoms with Gasteiger partial charge in [0.15, 0.2) is 0 Å². The van der Waals surface area contributed by atoms with Crippen molar-refractivity contribution in [1.82, 2.24) is 0 Å². The van der Waals surface area contributed by atoms with Crippen molar-refractivity contribution >= 4 is 27.5 Å². The van der Waals surface area contributed by atoms with Crippen molar-refractivity contribution in [3.05, 3.63) is 27.7 Å². The van der Waals surface area contributed by atoms with Crippen molar-refractivity contribution in [2.45, 2.75) is 39.5 Å². The van der Waals surface area contributed by atoms with Crippen molar-refractivity contribution in [1.29, 1.82) is 0 Å². The van der Waals surface area contributed by atoms with Gasteiger partial charge in [0, 0.05) is 16.1 Å². The van der Waals surface area contributed by atoms with Gasteiger partial charge in [-0.3, -0.25) is 4.79 Å². The maximum atomic E-state index is 12.4. The second-order valence-corrected chi connectivity index (χ2v) is 6.99. The van der Waals surface area contributed by atoms with Gasteiger partial charge in [-0.15, -0.1) is 0 Å². The van der Waals surface area contributed by atoms with E-state index in [1.807, 2.05) is 12.1 Å². The fourth-order valence-electron chi connectivity index (χ4n) is 3.82. The summed E-state index contributed by atoms with van der Waals surface area (Å²) in [5.74, 6) is 1.94. The van der Waals surface area contributed by atoms with E-state index >= 15 is 0 Å². The van der Waals surface area contributed by atoms with Crippen LogP contribution in [0.25, 0.3) is 0 Å². The lowest BCUT2D eigenvalue weighted by Gasteiger charge is -2.21. The molecule has 0 radical (unpaired) electrons. The highest BCUT2D eigenvalue weighted by Crippen LogP contribution is 2.48. The molecule has 1 aromatic rings. The van der Waals surface area contributed by atoms with Crippen LogP contribution in [-0.4, -0.2) is 5.91 Å². The largest absolute Gasteiger partial charge is 0.326 e. The van der Waals surface area contributed by atoms with E-state index < -0.39 is 0 Å². The topological polar surface area (TPSA) is 29.1 Å². The van der Waals surface area contributed by atoms with Crippen molar-refractivity contribution in [3.63, 3.8) is 0 Å². The van der Waals surface area contributed by atoms with Crippen molar-refractivity contribution < 1.29 is 4.79 Å². The van der Waals surface area contributed by atoms with Crippen LogP contribution < -0.4 is 5.32 Å². The van der Waals surface area contributed by atoms with Crippen LogP contribution in [0.5, 0.6) is 0 Å². The molecule has 0 aliphatic heterocycles. The average Bonchev–Trinajstić information content (AvgIpc) is 2.98. The second-order valence-electron chi connectivity index (χ2n) is 6.19. The Morgan fingerprint density at radius 2 is 1.89 bits per heavy atom. The number of hydrogen-bond acceptors (Lipinski definition) is 1. The highest BCUT2D eigenvalue weighted by Gasteiger charge is 2.42. The van der Waals surface area contributed by atoms with Gasteiger partial charge < -0.3 is 5.32 Å². The Labute approximate surface area is 123 Å². The monoisotopic (exact) mass is 321 g/mol. The molecule has 1 amide bonds. The molecule has 2 bridgehead atoms. The quantitative estimate of drug-likeness (QED) is 0.857. The van der Waals surface area contributed by atoms with Crippen molar-refractivity contribution in [3.8, 4) is 0 Å². The first-order valence-electron chi connectivity index (χ1n) is 7.12. The number of benzene rings is 1. The molecular weight excluding hydrogens is 302 g/mol. The zero-order chi connectivity index (χ0) is 13.6. The van der Waals surface area contributed by atoms with Crippen LogP contribution in [0.3, 0.4) is 0 Å². The Morgan fingerprint density at radius 1 is 1.21 bits per heavy atom. The molecule has 2 fully saturated rings. The van der Waals surface area contributed by atoms with Crippen molar-refractivity contribution in [2.75, 3.05) is 5.32 Å². The molecule has 2 nitrogen and oxygen atoms in total. The Bertz CT molecular complexity index is 502. The molecule has 1 aromatic carbocycles. The maximum Gasteiger partial charge on any atom is 0.227 e. The fraction of sp³-hybridized carbons (Fsp3) is 0.562. The van der Waals surface area contributed by atoms with Gasteiger partial charge in [0.25, 0.3) is 0 Å². The number of nitrogens with one attached hydrogen (secondary N) is 1. The molecule has 0 saturated heterocycles. The molecule has 3 heteroatoms. The average molecular weight is 322 g/mol. The van der Waals surface area contributed by atoms with Crippen LogP contribution in [0, 0.1) is 31.6 Å². The van der Waals surface area contributed by atoms with Crippen molar-refractivity contribution in [2.24, 2.45) is 17.8 Å². The minimum Gasteiger partial charge on any atom is -0.326 e. The van der Waals surface area contributed by atoms with Gasteiger partial charge in [-0.25, -0.2) is 0 Å². The van der Waals surface area contributed by atoms with E-state index in [0.717, 1.165) is 22.5 Å². The first kappa shape index (κ1) is 13.2. The molecule has 0 spiro atoms. The lowest BCUT2D eigenvalue weighted by molar-refractivity contribution is -0.121. The minimum absolute atomic E-state index is 0.230. The SMILES string of the molecule is Cc1cc(NC(=O)C2CC3CCC2C3)cc(C)c1Br. The normalized spacial score (nSPS) is 28.7. The van der Waals surface area contributed by atoms with Crippen LogP contribution in [0.15, 0.2) is 16.6 Å². The third-order valence-electron chi connectivity index (χ3n) is 4.78. The Hall–Kier alpha value is -0.830. The molecule has 0 aromatic heterocycles. The molecule has 2 saturated carbocycles. The maximum absolute atomic E-state index is 12.4. The highest BCUT2D eigenvalue weighted by atomic mass is 79.9. The van der Waals surface area contributed by atoms with Gasteiger partial charge in [-0.05, 0) is 68.2 Å². The molecular formula is C16H20BrNO. The lowest BCUT2D eigenvalue weighted by Crippen LogP contribution is -2.27. The van der Waals surface area contributed by atoms with E-state index in [4.69, 9.17) is 0 Å². The summed E-state index contributed by atoms with van der Waals surface area (Å²) < 4.78 is 1.13. The summed E-state index contributed by atoms with van der Waals surface area (Å²) in [6, 6.07) is 4.09. The second kappa shape index (κ2) is 4.93. The fourth-order valence-corrected chi connectivity index (χ4v) is 4.05. The first-order chi connectivity index (χ1) is 9.04. The van der Waals surface area contributed by atoms with Crippen LogP contribution in [0.2, 0.25) is 0 Å². The summed E-state index contributed by atoms with van der Waals surface area (Å²) in [7, 11) is 0. The number of anilines is 1. The van der Waals surface area contributed by atoms with E-state index in [-0.39, 0.29) is 11.8 Å². The van der Waals surface area contributed by atoms with Gasteiger partial charge in [-0.1, -0.05) is 22.4 Å². The van der Waals surface area contributed by atoms with Crippen LogP contribution in [0.1, 0.15) is 36.8 Å². The smallest absolute Gasteiger partial charge is 0.227 e. The minimum atomic E-state index is 0.230. The molecule has 3 atom stereocenters. The Morgan fingerprint density at radius 3 is 2.42 bits per heavy atom. The van der Waals surface area contributed by atoms with Gasteiger partial charge in [0.2, 0.25) is 5.91 Å². The highest BCUT2D eigenvalue weighted by molar-refractivity contribution is 9.10.